The number of aliphatic hydroxyl groups is 1. The Bertz CT molecular complexity index is 1070. The van der Waals surface area contributed by atoms with Crippen LogP contribution in [-0.4, -0.2) is 40.2 Å². The SMILES string of the molecule is O=C(CCc1ccc(C(F)(F)F)nc1N1CCC(O)CC1)Nc1ccc2[nH]ccc2c1. The number of piperidine rings is 1. The van der Waals surface area contributed by atoms with Gasteiger partial charge >= 0.3 is 6.18 Å². The molecule has 1 aromatic carbocycles. The second-order valence-corrected chi connectivity index (χ2v) is 7.72. The molecule has 1 saturated heterocycles. The van der Waals surface area contributed by atoms with E-state index in [4.69, 9.17) is 0 Å². The van der Waals surface area contributed by atoms with Crippen LogP contribution in [0.3, 0.4) is 0 Å². The zero-order valence-corrected chi connectivity index (χ0v) is 16.7. The molecule has 0 unspecified atom stereocenters. The number of H-pyrrole nitrogens is 1. The van der Waals surface area contributed by atoms with E-state index in [0.717, 1.165) is 17.0 Å². The number of alkyl halides is 3. The average molecular weight is 432 g/mol. The Morgan fingerprint density at radius 1 is 1.19 bits per heavy atom. The number of halogens is 3. The molecule has 3 N–H and O–H groups in total. The van der Waals surface area contributed by atoms with Crippen molar-refractivity contribution in [2.45, 2.75) is 38.0 Å². The summed E-state index contributed by atoms with van der Waals surface area (Å²) in [5, 5.41) is 13.5. The summed E-state index contributed by atoms with van der Waals surface area (Å²) in [6.07, 6.45) is -1.86. The number of aryl methyl sites for hydroxylation is 1. The predicted octanol–water partition coefficient (Wildman–Crippen LogP) is 4.11. The predicted molar refractivity (Wildman–Crippen MR) is 112 cm³/mol. The number of amides is 1. The fraction of sp³-hybridized carbons (Fsp3) is 0.364. The Kier molecular flexibility index (Phi) is 5.86. The summed E-state index contributed by atoms with van der Waals surface area (Å²) in [7, 11) is 0. The van der Waals surface area contributed by atoms with Crippen LogP contribution in [0.15, 0.2) is 42.6 Å². The Morgan fingerprint density at radius 3 is 2.71 bits per heavy atom. The van der Waals surface area contributed by atoms with Crippen molar-refractivity contribution in [2.75, 3.05) is 23.3 Å². The van der Waals surface area contributed by atoms with Crippen molar-refractivity contribution >= 4 is 28.3 Å². The van der Waals surface area contributed by atoms with Gasteiger partial charge in [-0.1, -0.05) is 6.07 Å². The van der Waals surface area contributed by atoms with Gasteiger partial charge in [0.25, 0.3) is 0 Å². The van der Waals surface area contributed by atoms with Crippen LogP contribution in [-0.2, 0) is 17.4 Å². The van der Waals surface area contributed by atoms with Crippen LogP contribution < -0.4 is 10.2 Å². The first-order chi connectivity index (χ1) is 14.8. The third kappa shape index (κ3) is 4.99. The molecule has 0 spiro atoms. The number of aromatic amines is 1. The summed E-state index contributed by atoms with van der Waals surface area (Å²) in [6.45, 7) is 0.844. The largest absolute Gasteiger partial charge is 0.433 e. The second kappa shape index (κ2) is 8.58. The van der Waals surface area contributed by atoms with E-state index in [1.807, 2.05) is 24.4 Å². The molecule has 0 saturated carbocycles. The first kappa shape index (κ1) is 21.2. The van der Waals surface area contributed by atoms with Gasteiger partial charge in [0.05, 0.1) is 6.10 Å². The summed E-state index contributed by atoms with van der Waals surface area (Å²) in [5.74, 6) is 0.0121. The molecule has 3 aromatic rings. The van der Waals surface area contributed by atoms with Crippen LogP contribution >= 0.6 is 0 Å². The lowest BCUT2D eigenvalue weighted by atomic mass is 10.0. The number of nitrogens with one attached hydrogen (secondary N) is 2. The standard InChI is InChI=1S/C22H23F3N4O2/c23-22(24,25)19-5-1-14(21(28-19)29-11-8-17(30)9-12-29)2-6-20(31)27-16-3-4-18-15(13-16)7-10-26-18/h1,3-5,7,10,13,17,26,30H,2,6,8-9,11-12H2,(H,27,31). The van der Waals surface area contributed by atoms with Gasteiger partial charge in [0.2, 0.25) is 5.91 Å². The van der Waals surface area contributed by atoms with E-state index in [2.05, 4.69) is 15.3 Å². The highest BCUT2D eigenvalue weighted by Crippen LogP contribution is 2.32. The Morgan fingerprint density at radius 2 is 1.97 bits per heavy atom. The van der Waals surface area contributed by atoms with Crippen LogP contribution in [0.4, 0.5) is 24.7 Å². The first-order valence-electron chi connectivity index (χ1n) is 10.2. The van der Waals surface area contributed by atoms with Crippen molar-refractivity contribution < 1.29 is 23.1 Å². The van der Waals surface area contributed by atoms with Crippen LogP contribution in [0.2, 0.25) is 0 Å². The van der Waals surface area contributed by atoms with Gasteiger partial charge in [0.15, 0.2) is 0 Å². The van der Waals surface area contributed by atoms with Gasteiger partial charge in [-0.25, -0.2) is 4.98 Å². The molecule has 1 aliphatic rings. The smallest absolute Gasteiger partial charge is 0.393 e. The number of anilines is 2. The third-order valence-electron chi connectivity index (χ3n) is 5.47. The summed E-state index contributed by atoms with van der Waals surface area (Å²) in [6, 6.07) is 9.77. The number of fused-ring (bicyclic) bond motifs is 1. The summed E-state index contributed by atoms with van der Waals surface area (Å²) < 4.78 is 39.6. The monoisotopic (exact) mass is 432 g/mol. The van der Waals surface area contributed by atoms with Crippen molar-refractivity contribution in [3.8, 4) is 0 Å². The lowest BCUT2D eigenvalue weighted by Gasteiger charge is -2.32. The highest BCUT2D eigenvalue weighted by Gasteiger charge is 2.34. The zero-order valence-electron chi connectivity index (χ0n) is 16.7. The molecule has 1 aliphatic heterocycles. The molecule has 0 radical (unpaired) electrons. The molecule has 1 amide bonds. The van der Waals surface area contributed by atoms with E-state index in [1.54, 1.807) is 11.0 Å². The molecule has 0 aliphatic carbocycles. The van der Waals surface area contributed by atoms with Crippen molar-refractivity contribution in [2.24, 2.45) is 0 Å². The van der Waals surface area contributed by atoms with E-state index in [0.29, 0.717) is 37.2 Å². The minimum Gasteiger partial charge on any atom is -0.393 e. The number of carbonyl (C=O) groups excluding carboxylic acids is 1. The van der Waals surface area contributed by atoms with Crippen molar-refractivity contribution in [1.29, 1.82) is 0 Å². The number of benzene rings is 1. The molecule has 9 heteroatoms. The van der Waals surface area contributed by atoms with Crippen LogP contribution in [0.1, 0.15) is 30.5 Å². The summed E-state index contributed by atoms with van der Waals surface area (Å²) in [4.78, 5) is 21.2. The van der Waals surface area contributed by atoms with E-state index in [9.17, 15) is 23.1 Å². The topological polar surface area (TPSA) is 81.2 Å². The molecule has 6 nitrogen and oxygen atoms in total. The van der Waals surface area contributed by atoms with Gasteiger partial charge in [0.1, 0.15) is 11.5 Å². The highest BCUT2D eigenvalue weighted by molar-refractivity contribution is 5.93. The van der Waals surface area contributed by atoms with Crippen LogP contribution in [0.25, 0.3) is 10.9 Å². The van der Waals surface area contributed by atoms with Crippen LogP contribution in [0, 0.1) is 0 Å². The number of carbonyl (C=O) groups is 1. The van der Waals surface area contributed by atoms with Gasteiger partial charge in [-0.05, 0) is 55.2 Å². The fourth-order valence-electron chi connectivity index (χ4n) is 3.78. The molecule has 3 heterocycles. The molecule has 0 atom stereocenters. The van der Waals surface area contributed by atoms with Gasteiger partial charge in [-0.2, -0.15) is 13.2 Å². The van der Waals surface area contributed by atoms with Gasteiger partial charge in [-0.15, -0.1) is 0 Å². The third-order valence-corrected chi connectivity index (χ3v) is 5.47. The van der Waals surface area contributed by atoms with Gasteiger partial charge in [0, 0.05) is 42.3 Å². The number of aromatic nitrogens is 2. The molecule has 1 fully saturated rings. The number of pyridine rings is 1. The van der Waals surface area contributed by atoms with E-state index >= 15 is 0 Å². The minimum atomic E-state index is -4.54. The number of aliphatic hydroxyl groups excluding tert-OH is 1. The first-order valence-corrected chi connectivity index (χ1v) is 10.2. The van der Waals surface area contributed by atoms with E-state index in [-0.39, 0.29) is 24.6 Å². The molecule has 31 heavy (non-hydrogen) atoms. The molecular weight excluding hydrogens is 409 g/mol. The maximum absolute atomic E-state index is 13.2. The molecule has 164 valence electrons. The summed E-state index contributed by atoms with van der Waals surface area (Å²) in [5.41, 5.74) is 1.25. The maximum Gasteiger partial charge on any atom is 0.433 e. The van der Waals surface area contributed by atoms with Gasteiger partial charge < -0.3 is 20.3 Å². The quantitative estimate of drug-likeness (QED) is 0.567. The highest BCUT2D eigenvalue weighted by atomic mass is 19.4. The molecule has 0 bridgehead atoms. The normalized spacial score (nSPS) is 15.4. The Balaban J connectivity index is 1.47. The number of rotatable bonds is 5. The number of nitrogens with zero attached hydrogens (tertiary/aromatic N) is 2. The Labute approximate surface area is 177 Å². The fourth-order valence-corrected chi connectivity index (χ4v) is 3.78. The van der Waals surface area contributed by atoms with Gasteiger partial charge in [-0.3, -0.25) is 4.79 Å². The molecular formula is C22H23F3N4O2. The lowest BCUT2D eigenvalue weighted by molar-refractivity contribution is -0.141. The van der Waals surface area contributed by atoms with Crippen molar-refractivity contribution in [3.05, 3.63) is 53.9 Å². The lowest BCUT2D eigenvalue weighted by Crippen LogP contribution is -2.37. The second-order valence-electron chi connectivity index (χ2n) is 7.72. The molecule has 4 rings (SSSR count). The Hall–Kier alpha value is -3.07. The summed E-state index contributed by atoms with van der Waals surface area (Å²) >= 11 is 0. The number of hydrogen-bond donors (Lipinski definition) is 3. The maximum atomic E-state index is 13.2. The average Bonchev–Trinajstić information content (AvgIpc) is 3.20. The number of hydrogen-bond acceptors (Lipinski definition) is 4. The zero-order chi connectivity index (χ0) is 22.0. The van der Waals surface area contributed by atoms with Crippen molar-refractivity contribution in [3.63, 3.8) is 0 Å². The van der Waals surface area contributed by atoms with E-state index in [1.165, 1.54) is 6.07 Å². The minimum absolute atomic E-state index is 0.113. The molecule has 2 aromatic heterocycles. The van der Waals surface area contributed by atoms with Crippen molar-refractivity contribution in [1.82, 2.24) is 9.97 Å². The van der Waals surface area contributed by atoms with Crippen LogP contribution in [0.5, 0.6) is 0 Å². The van der Waals surface area contributed by atoms with E-state index < -0.39 is 18.0 Å².